The van der Waals surface area contributed by atoms with Crippen LogP contribution in [0.1, 0.15) is 37.3 Å². The summed E-state index contributed by atoms with van der Waals surface area (Å²) in [4.78, 5) is 0. The first-order valence-electron chi connectivity index (χ1n) is 7.22. The Bertz CT molecular complexity index is 572. The third-order valence-electron chi connectivity index (χ3n) is 3.81. The second-order valence-electron chi connectivity index (χ2n) is 5.23. The van der Waals surface area contributed by atoms with Gasteiger partial charge in [0.05, 0.1) is 0 Å². The molecule has 98 valence electrons. The molecule has 0 aliphatic carbocycles. The van der Waals surface area contributed by atoms with Gasteiger partial charge in [0.1, 0.15) is 12.4 Å². The zero-order valence-electron chi connectivity index (χ0n) is 11.5. The van der Waals surface area contributed by atoms with Crippen molar-refractivity contribution in [2.45, 2.75) is 39.2 Å². The lowest BCUT2D eigenvalue weighted by Gasteiger charge is -2.21. The number of hydrogen-bond acceptors (Lipinski definition) is 1. The average molecular weight is 252 g/mol. The normalized spacial score (nSPS) is 12.5. The van der Waals surface area contributed by atoms with Gasteiger partial charge in [-0.3, -0.25) is 0 Å². The SMILES string of the molecule is CCCCCc1ccc2c(c1)OCc1ccccc1-2. The van der Waals surface area contributed by atoms with Crippen molar-refractivity contribution in [3.8, 4) is 16.9 Å². The summed E-state index contributed by atoms with van der Waals surface area (Å²) in [6, 6.07) is 15.2. The second kappa shape index (κ2) is 5.48. The van der Waals surface area contributed by atoms with Gasteiger partial charge in [0.15, 0.2) is 0 Å². The van der Waals surface area contributed by atoms with Gasteiger partial charge in [-0.2, -0.15) is 0 Å². The fraction of sp³-hybridized carbons (Fsp3) is 0.333. The Balaban J connectivity index is 1.87. The van der Waals surface area contributed by atoms with Crippen LogP contribution in [0.4, 0.5) is 0 Å². The number of hydrogen-bond donors (Lipinski definition) is 0. The highest BCUT2D eigenvalue weighted by molar-refractivity contribution is 5.75. The molecule has 0 unspecified atom stereocenters. The molecule has 0 fully saturated rings. The molecule has 0 amide bonds. The first-order valence-corrected chi connectivity index (χ1v) is 7.22. The van der Waals surface area contributed by atoms with Crippen LogP contribution < -0.4 is 4.74 Å². The number of ether oxygens (including phenoxy) is 1. The molecule has 1 aliphatic rings. The summed E-state index contributed by atoms with van der Waals surface area (Å²) in [6.45, 7) is 2.94. The summed E-state index contributed by atoms with van der Waals surface area (Å²) >= 11 is 0. The van der Waals surface area contributed by atoms with Gasteiger partial charge in [-0.1, -0.05) is 56.2 Å². The van der Waals surface area contributed by atoms with Crippen LogP contribution in [0.15, 0.2) is 42.5 Å². The predicted octanol–water partition coefficient (Wildman–Crippen LogP) is 4.98. The lowest BCUT2D eigenvalue weighted by atomic mass is 9.95. The average Bonchev–Trinajstić information content (AvgIpc) is 2.47. The van der Waals surface area contributed by atoms with E-state index in [-0.39, 0.29) is 0 Å². The van der Waals surface area contributed by atoms with Crippen molar-refractivity contribution in [3.05, 3.63) is 53.6 Å². The Morgan fingerprint density at radius 2 is 1.89 bits per heavy atom. The monoisotopic (exact) mass is 252 g/mol. The maximum Gasteiger partial charge on any atom is 0.127 e. The van der Waals surface area contributed by atoms with E-state index >= 15 is 0 Å². The number of benzene rings is 2. The lowest BCUT2D eigenvalue weighted by molar-refractivity contribution is 0.302. The van der Waals surface area contributed by atoms with Crippen molar-refractivity contribution in [2.24, 2.45) is 0 Å². The number of aryl methyl sites for hydroxylation is 1. The number of rotatable bonds is 4. The van der Waals surface area contributed by atoms with Crippen LogP contribution in [0.5, 0.6) is 5.75 Å². The molecule has 0 bridgehead atoms. The molecule has 2 aromatic rings. The molecule has 1 nitrogen and oxygen atoms in total. The van der Waals surface area contributed by atoms with Crippen molar-refractivity contribution in [3.63, 3.8) is 0 Å². The minimum atomic E-state index is 0.696. The van der Waals surface area contributed by atoms with Gasteiger partial charge in [-0.05, 0) is 35.6 Å². The van der Waals surface area contributed by atoms with Crippen LogP contribution in [-0.4, -0.2) is 0 Å². The molecule has 3 rings (SSSR count). The van der Waals surface area contributed by atoms with Gasteiger partial charge in [0.2, 0.25) is 0 Å². The number of unbranched alkanes of at least 4 members (excludes halogenated alkanes) is 2. The van der Waals surface area contributed by atoms with Crippen LogP contribution >= 0.6 is 0 Å². The van der Waals surface area contributed by atoms with Crippen LogP contribution in [0, 0.1) is 0 Å². The Morgan fingerprint density at radius 3 is 2.79 bits per heavy atom. The van der Waals surface area contributed by atoms with Gasteiger partial charge in [-0.15, -0.1) is 0 Å². The summed E-state index contributed by atoms with van der Waals surface area (Å²) in [5, 5.41) is 0. The van der Waals surface area contributed by atoms with Crippen molar-refractivity contribution in [1.82, 2.24) is 0 Å². The Morgan fingerprint density at radius 1 is 1.00 bits per heavy atom. The molecule has 1 heterocycles. The highest BCUT2D eigenvalue weighted by atomic mass is 16.5. The first-order chi connectivity index (χ1) is 9.38. The highest BCUT2D eigenvalue weighted by Crippen LogP contribution is 2.37. The van der Waals surface area contributed by atoms with E-state index in [0.29, 0.717) is 6.61 Å². The van der Waals surface area contributed by atoms with E-state index in [0.717, 1.165) is 12.2 Å². The fourth-order valence-corrected chi connectivity index (χ4v) is 2.71. The maximum atomic E-state index is 5.90. The molecule has 0 saturated heterocycles. The van der Waals surface area contributed by atoms with E-state index < -0.39 is 0 Å². The summed E-state index contributed by atoms with van der Waals surface area (Å²) in [5.41, 5.74) is 5.24. The predicted molar refractivity (Wildman–Crippen MR) is 79.4 cm³/mol. The molecular weight excluding hydrogens is 232 g/mol. The topological polar surface area (TPSA) is 9.23 Å². The molecule has 0 saturated carbocycles. The van der Waals surface area contributed by atoms with Crippen molar-refractivity contribution >= 4 is 0 Å². The molecule has 0 radical (unpaired) electrons. The van der Waals surface area contributed by atoms with Gasteiger partial charge >= 0.3 is 0 Å². The molecular formula is C18H20O. The van der Waals surface area contributed by atoms with E-state index in [1.54, 1.807) is 0 Å². The standard InChI is InChI=1S/C18H20O/c1-2-3-4-7-14-10-11-17-16-9-6-5-8-15(16)13-19-18(17)12-14/h5-6,8-12H,2-4,7,13H2,1H3. The van der Waals surface area contributed by atoms with Crippen LogP contribution in [0.25, 0.3) is 11.1 Å². The van der Waals surface area contributed by atoms with Gasteiger partial charge in [0.25, 0.3) is 0 Å². The summed E-state index contributed by atoms with van der Waals surface area (Å²) < 4.78 is 5.90. The minimum absolute atomic E-state index is 0.696. The van der Waals surface area contributed by atoms with E-state index in [1.165, 1.54) is 41.5 Å². The summed E-state index contributed by atoms with van der Waals surface area (Å²) in [5.74, 6) is 1.05. The van der Waals surface area contributed by atoms with Crippen molar-refractivity contribution in [1.29, 1.82) is 0 Å². The van der Waals surface area contributed by atoms with Crippen molar-refractivity contribution < 1.29 is 4.74 Å². The Hall–Kier alpha value is -1.76. The summed E-state index contributed by atoms with van der Waals surface area (Å²) in [6.07, 6.45) is 5.01. The van der Waals surface area contributed by atoms with E-state index in [9.17, 15) is 0 Å². The smallest absolute Gasteiger partial charge is 0.127 e. The maximum absolute atomic E-state index is 5.90. The first kappa shape index (κ1) is 12.3. The summed E-state index contributed by atoms with van der Waals surface area (Å²) in [7, 11) is 0. The molecule has 2 aromatic carbocycles. The largest absolute Gasteiger partial charge is 0.488 e. The molecule has 0 atom stereocenters. The zero-order chi connectivity index (χ0) is 13.1. The van der Waals surface area contributed by atoms with E-state index in [4.69, 9.17) is 4.74 Å². The van der Waals surface area contributed by atoms with Crippen LogP contribution in [0.2, 0.25) is 0 Å². The van der Waals surface area contributed by atoms with Crippen LogP contribution in [-0.2, 0) is 13.0 Å². The van der Waals surface area contributed by atoms with E-state index in [1.807, 2.05) is 0 Å². The molecule has 0 N–H and O–H groups in total. The van der Waals surface area contributed by atoms with Gasteiger partial charge in [-0.25, -0.2) is 0 Å². The third-order valence-corrected chi connectivity index (χ3v) is 3.81. The number of fused-ring (bicyclic) bond motifs is 3. The lowest BCUT2D eigenvalue weighted by Crippen LogP contribution is -2.05. The molecule has 19 heavy (non-hydrogen) atoms. The molecule has 0 spiro atoms. The van der Waals surface area contributed by atoms with Crippen molar-refractivity contribution in [2.75, 3.05) is 0 Å². The molecule has 1 aliphatic heterocycles. The zero-order valence-corrected chi connectivity index (χ0v) is 11.5. The third kappa shape index (κ3) is 2.51. The second-order valence-corrected chi connectivity index (χ2v) is 5.23. The van der Waals surface area contributed by atoms with Gasteiger partial charge in [0, 0.05) is 5.56 Å². The van der Waals surface area contributed by atoms with E-state index in [2.05, 4.69) is 49.4 Å². The Kier molecular flexibility index (Phi) is 3.54. The quantitative estimate of drug-likeness (QED) is 0.697. The molecule has 0 aromatic heterocycles. The fourth-order valence-electron chi connectivity index (χ4n) is 2.71. The van der Waals surface area contributed by atoms with Crippen LogP contribution in [0.3, 0.4) is 0 Å². The Labute approximate surface area is 115 Å². The highest BCUT2D eigenvalue weighted by Gasteiger charge is 2.16. The molecule has 1 heteroatoms. The van der Waals surface area contributed by atoms with Gasteiger partial charge < -0.3 is 4.74 Å². The minimum Gasteiger partial charge on any atom is -0.488 e.